The molecule has 2 aromatic carbocycles. The van der Waals surface area contributed by atoms with Crippen LogP contribution in [0.15, 0.2) is 65.4 Å². The summed E-state index contributed by atoms with van der Waals surface area (Å²) in [6, 6.07) is 17.5. The van der Waals surface area contributed by atoms with E-state index in [1.165, 1.54) is 0 Å². The van der Waals surface area contributed by atoms with Gasteiger partial charge in [-0.05, 0) is 42.1 Å². The highest BCUT2D eigenvalue weighted by Gasteiger charge is 2.19. The van der Waals surface area contributed by atoms with Gasteiger partial charge in [0.05, 0.1) is 11.0 Å². The van der Waals surface area contributed by atoms with E-state index in [1.54, 1.807) is 24.3 Å². The molecule has 0 saturated carbocycles. The smallest absolute Gasteiger partial charge is 0.344 e. The van der Waals surface area contributed by atoms with Crippen molar-refractivity contribution in [1.82, 2.24) is 9.55 Å². The highest BCUT2D eigenvalue weighted by molar-refractivity contribution is 7.08. The molecule has 136 valence electrons. The molecule has 27 heavy (non-hydrogen) atoms. The maximum Gasteiger partial charge on any atom is 0.344 e. The fraction of sp³-hybridized carbons (Fsp3) is 0.143. The summed E-state index contributed by atoms with van der Waals surface area (Å²) in [6.45, 7) is 1.79. The van der Waals surface area contributed by atoms with Crippen molar-refractivity contribution in [2.75, 3.05) is 0 Å². The predicted octanol–water partition coefficient (Wildman–Crippen LogP) is 5.00. The van der Waals surface area contributed by atoms with Gasteiger partial charge in [-0.25, -0.2) is 9.78 Å². The Labute approximate surface area is 160 Å². The molecule has 0 aliphatic carbocycles. The van der Waals surface area contributed by atoms with E-state index < -0.39 is 12.1 Å². The van der Waals surface area contributed by atoms with Crippen LogP contribution in [0.4, 0.5) is 0 Å². The van der Waals surface area contributed by atoms with E-state index in [4.69, 9.17) is 9.72 Å². The lowest BCUT2D eigenvalue weighted by Crippen LogP contribution is -2.25. The normalized spacial score (nSPS) is 12.2. The zero-order valence-corrected chi connectivity index (χ0v) is 15.5. The molecule has 0 bridgehead atoms. The Balaban J connectivity index is 1.88. The van der Waals surface area contributed by atoms with Gasteiger partial charge < -0.3 is 9.84 Å². The molecular weight excluding hydrogens is 360 g/mol. The van der Waals surface area contributed by atoms with E-state index in [-0.39, 0.29) is 0 Å². The second kappa shape index (κ2) is 7.25. The van der Waals surface area contributed by atoms with Gasteiger partial charge >= 0.3 is 5.97 Å². The van der Waals surface area contributed by atoms with Crippen LogP contribution in [0, 0.1) is 0 Å². The summed E-state index contributed by atoms with van der Waals surface area (Å²) in [5.41, 5.74) is 3.74. The van der Waals surface area contributed by atoms with E-state index in [0.29, 0.717) is 12.2 Å². The minimum absolute atomic E-state index is 0.394. The molecule has 0 aliphatic rings. The molecular formula is C21H18N2O3S. The first-order chi connectivity index (χ1) is 13.2. The first-order valence-electron chi connectivity index (χ1n) is 8.67. The van der Waals surface area contributed by atoms with Crippen LogP contribution < -0.4 is 4.74 Å². The number of imidazole rings is 1. The number of thiophene rings is 1. The van der Waals surface area contributed by atoms with E-state index in [0.717, 1.165) is 28.1 Å². The Morgan fingerprint density at radius 1 is 1.22 bits per heavy atom. The number of hydrogen-bond acceptors (Lipinski definition) is 4. The lowest BCUT2D eigenvalue weighted by molar-refractivity contribution is -0.145. The zero-order valence-electron chi connectivity index (χ0n) is 14.7. The fourth-order valence-electron chi connectivity index (χ4n) is 3.02. The molecule has 0 saturated heterocycles. The van der Waals surface area contributed by atoms with Crippen LogP contribution in [0.1, 0.15) is 13.3 Å². The van der Waals surface area contributed by atoms with Gasteiger partial charge in [0.2, 0.25) is 0 Å². The molecule has 4 aromatic rings. The van der Waals surface area contributed by atoms with Crippen LogP contribution in [0.3, 0.4) is 0 Å². The summed E-state index contributed by atoms with van der Waals surface area (Å²) >= 11 is 1.62. The summed E-state index contributed by atoms with van der Waals surface area (Å²) in [6.07, 6.45) is -0.474. The Morgan fingerprint density at radius 3 is 2.70 bits per heavy atom. The molecule has 1 atom stereocenters. The van der Waals surface area contributed by atoms with E-state index in [9.17, 15) is 9.90 Å². The van der Waals surface area contributed by atoms with Crippen LogP contribution in [-0.4, -0.2) is 26.7 Å². The second-order valence-electron chi connectivity index (χ2n) is 6.12. The van der Waals surface area contributed by atoms with Gasteiger partial charge in [0, 0.05) is 22.7 Å². The van der Waals surface area contributed by atoms with Crippen molar-refractivity contribution in [1.29, 1.82) is 0 Å². The van der Waals surface area contributed by atoms with Gasteiger partial charge in [-0.3, -0.25) is 4.57 Å². The lowest BCUT2D eigenvalue weighted by Gasteiger charge is -2.14. The number of aromatic nitrogens is 2. The number of carbonyl (C=O) groups is 1. The maximum atomic E-state index is 11.3. The molecule has 4 rings (SSSR count). The molecule has 0 spiro atoms. The zero-order chi connectivity index (χ0) is 18.8. The van der Waals surface area contributed by atoms with Crippen LogP contribution >= 0.6 is 11.3 Å². The third-order valence-electron chi connectivity index (χ3n) is 4.34. The first-order valence-corrected chi connectivity index (χ1v) is 9.61. The minimum Gasteiger partial charge on any atom is -0.479 e. The van der Waals surface area contributed by atoms with Gasteiger partial charge in [0.15, 0.2) is 6.10 Å². The monoisotopic (exact) mass is 378 g/mol. The van der Waals surface area contributed by atoms with Crippen molar-refractivity contribution in [2.24, 2.45) is 0 Å². The summed E-state index contributed by atoms with van der Waals surface area (Å²) in [5, 5.41) is 13.4. The van der Waals surface area contributed by atoms with Crippen molar-refractivity contribution in [3.8, 4) is 22.8 Å². The molecule has 1 unspecified atom stereocenters. The van der Waals surface area contributed by atoms with Crippen molar-refractivity contribution >= 4 is 28.3 Å². The van der Waals surface area contributed by atoms with E-state index in [2.05, 4.69) is 9.95 Å². The number of aliphatic carboxylic acids is 1. The number of nitrogens with zero attached hydrogens (tertiary/aromatic N) is 2. The summed E-state index contributed by atoms with van der Waals surface area (Å²) < 4.78 is 7.76. The number of carboxylic acid groups (broad SMARTS) is 1. The molecule has 0 fully saturated rings. The number of carboxylic acids is 1. The summed E-state index contributed by atoms with van der Waals surface area (Å²) in [4.78, 5) is 16.1. The topological polar surface area (TPSA) is 64.4 Å². The highest BCUT2D eigenvalue weighted by atomic mass is 32.1. The van der Waals surface area contributed by atoms with Gasteiger partial charge in [-0.1, -0.05) is 25.1 Å². The average Bonchev–Trinajstić information content (AvgIpc) is 3.33. The number of para-hydroxylation sites is 1. The van der Waals surface area contributed by atoms with Crippen LogP contribution in [0.5, 0.6) is 5.75 Å². The number of rotatable bonds is 6. The molecule has 2 heterocycles. The molecule has 0 amide bonds. The van der Waals surface area contributed by atoms with Gasteiger partial charge in [0.25, 0.3) is 0 Å². The molecule has 6 heteroatoms. The number of benzene rings is 2. The quantitative estimate of drug-likeness (QED) is 0.513. The third-order valence-corrected chi connectivity index (χ3v) is 5.03. The van der Waals surface area contributed by atoms with Crippen molar-refractivity contribution in [2.45, 2.75) is 19.4 Å². The van der Waals surface area contributed by atoms with Crippen LogP contribution in [-0.2, 0) is 4.79 Å². The van der Waals surface area contributed by atoms with E-state index in [1.807, 2.05) is 53.9 Å². The Morgan fingerprint density at radius 2 is 2.04 bits per heavy atom. The van der Waals surface area contributed by atoms with Crippen LogP contribution in [0.25, 0.3) is 28.1 Å². The third kappa shape index (κ3) is 3.31. The molecule has 0 aliphatic heterocycles. The van der Waals surface area contributed by atoms with Crippen molar-refractivity contribution in [3.63, 3.8) is 0 Å². The van der Waals surface area contributed by atoms with Crippen molar-refractivity contribution < 1.29 is 14.6 Å². The average molecular weight is 378 g/mol. The van der Waals surface area contributed by atoms with Gasteiger partial charge in [-0.2, -0.15) is 11.3 Å². The number of fused-ring (bicyclic) bond motifs is 1. The van der Waals surface area contributed by atoms with Crippen molar-refractivity contribution in [3.05, 3.63) is 65.4 Å². The first kappa shape index (κ1) is 17.3. The van der Waals surface area contributed by atoms with Gasteiger partial charge in [-0.15, -0.1) is 0 Å². The molecule has 2 aromatic heterocycles. The lowest BCUT2D eigenvalue weighted by atomic mass is 10.2. The Kier molecular flexibility index (Phi) is 4.64. The minimum atomic E-state index is -0.965. The Hall–Kier alpha value is -3.12. The Bertz CT molecular complexity index is 1070. The second-order valence-corrected chi connectivity index (χ2v) is 6.90. The number of hydrogen-bond donors (Lipinski definition) is 1. The van der Waals surface area contributed by atoms with Crippen LogP contribution in [0.2, 0.25) is 0 Å². The SMILES string of the molecule is CCC(Oc1ccc2nc(-c3ccsc3)n(-c3ccccc3)c2c1)C(=O)O. The maximum absolute atomic E-state index is 11.3. The molecule has 1 N–H and O–H groups in total. The van der Waals surface area contributed by atoms with Gasteiger partial charge in [0.1, 0.15) is 11.6 Å². The fourth-order valence-corrected chi connectivity index (χ4v) is 3.66. The van der Waals surface area contributed by atoms with E-state index >= 15 is 0 Å². The number of ether oxygens (including phenoxy) is 1. The molecule has 0 radical (unpaired) electrons. The summed E-state index contributed by atoms with van der Waals surface area (Å²) in [7, 11) is 0. The largest absolute Gasteiger partial charge is 0.479 e. The summed E-state index contributed by atoms with van der Waals surface area (Å²) in [5.74, 6) is 0.402. The molecule has 5 nitrogen and oxygen atoms in total. The standard InChI is InChI=1S/C21H18N2O3S/c1-2-19(21(24)25)26-16-8-9-17-18(12-16)23(15-6-4-3-5-7-15)20(22-17)14-10-11-27-13-14/h3-13,19H,2H2,1H3,(H,24,25). The predicted molar refractivity (Wildman–Crippen MR) is 107 cm³/mol. The highest BCUT2D eigenvalue weighted by Crippen LogP contribution is 2.32.